The fourth-order valence-electron chi connectivity index (χ4n) is 7.22. The number of halogens is 4. The van der Waals surface area contributed by atoms with E-state index in [9.17, 15) is 37.5 Å². The quantitative estimate of drug-likeness (QED) is 0.119. The molecule has 0 aromatic heterocycles. The molecule has 12 heteroatoms. The van der Waals surface area contributed by atoms with Crippen LogP contribution in [-0.2, 0) is 33.4 Å². The maximum atomic E-state index is 12.8. The Balaban J connectivity index is 0.000000312. The number of hydrogen-bond acceptors (Lipinski definition) is 8. The van der Waals surface area contributed by atoms with E-state index in [2.05, 4.69) is 13.2 Å². The molecule has 0 amide bonds. The summed E-state index contributed by atoms with van der Waals surface area (Å²) in [6.07, 6.45) is 6.19. The Hall–Kier alpha value is -2.40. The third-order valence-electron chi connectivity index (χ3n) is 10.2. The Kier molecular flexibility index (Phi) is 15.2. The second kappa shape index (κ2) is 17.4. The molecule has 0 aromatic carbocycles. The summed E-state index contributed by atoms with van der Waals surface area (Å²) in [5.41, 5.74) is -3.81. The number of esters is 3. The lowest BCUT2D eigenvalue weighted by Crippen LogP contribution is -2.46. The van der Waals surface area contributed by atoms with Crippen LogP contribution in [0.25, 0.3) is 0 Å². The van der Waals surface area contributed by atoms with E-state index in [-0.39, 0.29) is 29.9 Å². The van der Waals surface area contributed by atoms with Gasteiger partial charge in [0.05, 0.1) is 16.4 Å². The first kappa shape index (κ1) is 43.8. The number of carbonyl (C=O) groups excluding carboxylic acids is 4. The molecule has 0 saturated heterocycles. The van der Waals surface area contributed by atoms with Gasteiger partial charge in [-0.3, -0.25) is 14.4 Å². The van der Waals surface area contributed by atoms with Crippen molar-refractivity contribution in [1.29, 1.82) is 0 Å². The highest BCUT2D eigenvalue weighted by atomic mass is 35.5. The minimum atomic E-state index is -4.81. The van der Waals surface area contributed by atoms with Crippen molar-refractivity contribution in [3.05, 3.63) is 24.3 Å². The molecule has 50 heavy (non-hydrogen) atoms. The van der Waals surface area contributed by atoms with Gasteiger partial charge in [0, 0.05) is 17.4 Å². The van der Waals surface area contributed by atoms with Crippen LogP contribution >= 0.6 is 11.6 Å². The van der Waals surface area contributed by atoms with Gasteiger partial charge in [0.25, 0.3) is 0 Å². The Morgan fingerprint density at radius 1 is 0.700 bits per heavy atom. The molecule has 0 spiro atoms. The van der Waals surface area contributed by atoms with Crippen molar-refractivity contribution < 1.29 is 51.7 Å². The second-order valence-corrected chi connectivity index (χ2v) is 16.8. The van der Waals surface area contributed by atoms with E-state index in [1.54, 1.807) is 27.7 Å². The molecule has 4 aliphatic carbocycles. The average Bonchev–Trinajstić information content (AvgIpc) is 3.80. The number of aliphatic hydroxyl groups is 1. The molecule has 4 fully saturated rings. The minimum absolute atomic E-state index is 0.0696. The van der Waals surface area contributed by atoms with Gasteiger partial charge >= 0.3 is 24.1 Å². The van der Waals surface area contributed by atoms with Crippen LogP contribution in [0.5, 0.6) is 0 Å². The van der Waals surface area contributed by atoms with E-state index in [1.165, 1.54) is 0 Å². The van der Waals surface area contributed by atoms with Gasteiger partial charge in [0.1, 0.15) is 23.4 Å². The number of hydrogen-bond donors (Lipinski definition) is 1. The Bertz CT molecular complexity index is 1220. The van der Waals surface area contributed by atoms with Crippen LogP contribution in [0.15, 0.2) is 24.3 Å². The molecule has 1 N–H and O–H groups in total. The summed E-state index contributed by atoms with van der Waals surface area (Å²) >= 11 is 4.87. The van der Waals surface area contributed by atoms with Crippen LogP contribution in [0.1, 0.15) is 138 Å². The molecule has 8 nitrogen and oxygen atoms in total. The first-order valence-corrected chi connectivity index (χ1v) is 18.2. The van der Waals surface area contributed by atoms with E-state index < -0.39 is 51.1 Å². The van der Waals surface area contributed by atoms with Crippen molar-refractivity contribution in [3.63, 3.8) is 0 Å². The van der Waals surface area contributed by atoms with Crippen LogP contribution in [0.2, 0.25) is 0 Å². The van der Waals surface area contributed by atoms with Crippen molar-refractivity contribution in [3.8, 4) is 0 Å². The number of alkyl halides is 3. The topological polar surface area (TPSA) is 116 Å². The third kappa shape index (κ3) is 12.1. The van der Waals surface area contributed by atoms with Crippen molar-refractivity contribution in [1.82, 2.24) is 0 Å². The van der Waals surface area contributed by atoms with Crippen molar-refractivity contribution in [2.75, 3.05) is 0 Å². The molecule has 0 heterocycles. The molecular formula is C38H58ClF3O8. The minimum Gasteiger partial charge on any atom is -0.462 e. The van der Waals surface area contributed by atoms with Crippen molar-refractivity contribution in [2.45, 2.75) is 168 Å². The zero-order chi connectivity index (χ0) is 38.3. The molecule has 4 aliphatic rings. The second-order valence-electron chi connectivity index (χ2n) is 16.5. The smallest absolute Gasteiger partial charge is 0.422 e. The molecule has 0 radical (unpaired) electrons. The lowest BCUT2D eigenvalue weighted by molar-refractivity contribution is -0.180. The van der Waals surface area contributed by atoms with E-state index >= 15 is 0 Å². The van der Waals surface area contributed by atoms with Gasteiger partial charge < -0.3 is 19.3 Å². The van der Waals surface area contributed by atoms with Gasteiger partial charge in [-0.05, 0) is 137 Å². The highest BCUT2D eigenvalue weighted by Gasteiger charge is 2.53. The summed E-state index contributed by atoms with van der Waals surface area (Å²) < 4.78 is 55.1. The molecule has 4 saturated carbocycles. The molecule has 0 aliphatic heterocycles. The maximum absolute atomic E-state index is 12.8. The van der Waals surface area contributed by atoms with E-state index in [4.69, 9.17) is 25.8 Å². The lowest BCUT2D eigenvalue weighted by atomic mass is 9.82. The lowest BCUT2D eigenvalue weighted by Gasteiger charge is -2.38. The van der Waals surface area contributed by atoms with Crippen molar-refractivity contribution >= 4 is 34.8 Å². The predicted octanol–water partition coefficient (Wildman–Crippen LogP) is 9.10. The fourth-order valence-corrected chi connectivity index (χ4v) is 7.22. The molecule has 4 unspecified atom stereocenters. The average molecular weight is 735 g/mol. The summed E-state index contributed by atoms with van der Waals surface area (Å²) in [6, 6.07) is 0. The van der Waals surface area contributed by atoms with Gasteiger partial charge in [-0.25, -0.2) is 4.79 Å². The summed E-state index contributed by atoms with van der Waals surface area (Å²) in [4.78, 5) is 46.1. The SMILES string of the molecule is C=C(C(=O)OC1(C2CCCC2OC(=O)C(C)(C)C)CCCC1)C(F)(F)F.C=C(C)C(=O)Cl.CC(C)(C)C(=O)OC1CCCC1C1(O)CCCC1. The molecule has 0 bridgehead atoms. The normalized spacial score (nSPS) is 25.7. The van der Waals surface area contributed by atoms with Crippen LogP contribution in [0.4, 0.5) is 13.2 Å². The monoisotopic (exact) mass is 734 g/mol. The summed E-state index contributed by atoms with van der Waals surface area (Å²) in [7, 11) is 0. The molecule has 4 atom stereocenters. The highest BCUT2D eigenvalue weighted by molar-refractivity contribution is 6.67. The van der Waals surface area contributed by atoms with E-state index in [0.29, 0.717) is 31.3 Å². The molecule has 286 valence electrons. The largest absolute Gasteiger partial charge is 0.462 e. The van der Waals surface area contributed by atoms with Crippen LogP contribution in [0.3, 0.4) is 0 Å². The van der Waals surface area contributed by atoms with Crippen LogP contribution in [-0.4, -0.2) is 57.8 Å². The highest BCUT2D eigenvalue weighted by Crippen LogP contribution is 2.49. The summed E-state index contributed by atoms with van der Waals surface area (Å²) in [5.74, 6) is -2.03. The van der Waals surface area contributed by atoms with E-state index in [1.807, 2.05) is 20.8 Å². The number of rotatable bonds is 7. The van der Waals surface area contributed by atoms with Gasteiger partial charge in [0.15, 0.2) is 0 Å². The Labute approximate surface area is 300 Å². The number of ether oxygens (including phenoxy) is 3. The molecule has 4 rings (SSSR count). The first-order valence-electron chi connectivity index (χ1n) is 17.8. The summed E-state index contributed by atoms with van der Waals surface area (Å²) in [5, 5.41) is 10.2. The Morgan fingerprint density at radius 2 is 1.08 bits per heavy atom. The third-order valence-corrected chi connectivity index (χ3v) is 10.5. The van der Waals surface area contributed by atoms with Crippen molar-refractivity contribution in [2.24, 2.45) is 22.7 Å². The first-order chi connectivity index (χ1) is 22.8. The standard InChI is InChI=1S/C19H27F3O4.C15H26O3.C4H5ClO/c1-12(19(20,21)22)15(23)26-18(10-5-6-11-18)13-8-7-9-14(13)25-16(24)17(2,3)4;1-14(2,3)13(16)18-12-8-6-7-11(12)15(17)9-4-5-10-15;1-3(2)4(5)6/h13-14H,1,5-11H2,2-4H3;11-12,17H,4-10H2,1-3H3;1H2,2H3. The number of allylic oxidation sites excluding steroid dienone is 1. The zero-order valence-corrected chi connectivity index (χ0v) is 31.7. The Morgan fingerprint density at radius 3 is 1.46 bits per heavy atom. The van der Waals surface area contributed by atoms with Crippen LogP contribution in [0, 0.1) is 22.7 Å². The molecule has 0 aromatic rings. The zero-order valence-electron chi connectivity index (χ0n) is 30.9. The van der Waals surface area contributed by atoms with Gasteiger partial charge in [-0.2, -0.15) is 13.2 Å². The summed E-state index contributed by atoms with van der Waals surface area (Å²) in [6.45, 7) is 18.6. The van der Waals surface area contributed by atoms with E-state index in [0.717, 1.165) is 64.2 Å². The molecular weight excluding hydrogens is 677 g/mol. The van der Waals surface area contributed by atoms with Crippen LogP contribution < -0.4 is 0 Å². The van der Waals surface area contributed by atoms with Gasteiger partial charge in [-0.1, -0.05) is 26.0 Å². The van der Waals surface area contributed by atoms with Gasteiger partial charge in [-0.15, -0.1) is 0 Å². The number of carbonyl (C=O) groups is 4. The predicted molar refractivity (Wildman–Crippen MR) is 185 cm³/mol. The fraction of sp³-hybridized carbons (Fsp3) is 0.789. The van der Waals surface area contributed by atoms with Gasteiger partial charge in [0.2, 0.25) is 5.24 Å². The maximum Gasteiger partial charge on any atom is 0.422 e.